The fourth-order valence-corrected chi connectivity index (χ4v) is 4.50. The van der Waals surface area contributed by atoms with Crippen molar-refractivity contribution in [1.29, 1.82) is 0 Å². The van der Waals surface area contributed by atoms with Crippen molar-refractivity contribution in [2.45, 2.75) is 18.8 Å². The van der Waals surface area contributed by atoms with Crippen molar-refractivity contribution in [3.05, 3.63) is 20.3 Å². The van der Waals surface area contributed by atoms with E-state index in [0.29, 0.717) is 10.8 Å². The molecule has 1 N–H and O–H groups in total. The first kappa shape index (κ1) is 11.5. The maximum atomic E-state index is 11.1. The minimum absolute atomic E-state index is 0.444. The number of carboxylic acid groups (broad SMARTS) is 1. The van der Waals surface area contributed by atoms with E-state index in [1.807, 2.05) is 17.8 Å². The van der Waals surface area contributed by atoms with Gasteiger partial charge in [0, 0.05) is 0 Å². The summed E-state index contributed by atoms with van der Waals surface area (Å²) in [5.41, 5.74) is 1.03. The summed E-state index contributed by atoms with van der Waals surface area (Å²) < 4.78 is 0.924. The number of thioether (sulfide) groups is 1. The van der Waals surface area contributed by atoms with Crippen LogP contribution >= 0.6 is 39.0 Å². The quantitative estimate of drug-likeness (QED) is 0.902. The molecule has 1 aliphatic heterocycles. The second-order valence-corrected chi connectivity index (χ2v) is 7.18. The van der Waals surface area contributed by atoms with Crippen molar-refractivity contribution < 1.29 is 9.90 Å². The van der Waals surface area contributed by atoms with Gasteiger partial charge in [-0.1, -0.05) is 0 Å². The highest BCUT2D eigenvalue weighted by atomic mass is 79.9. The maximum absolute atomic E-state index is 11.1. The van der Waals surface area contributed by atoms with E-state index >= 15 is 0 Å². The molecule has 82 valence electrons. The van der Waals surface area contributed by atoms with Crippen LogP contribution in [0.1, 0.15) is 34.0 Å². The summed E-state index contributed by atoms with van der Waals surface area (Å²) in [4.78, 5) is 11.6. The molecule has 1 aliphatic rings. The van der Waals surface area contributed by atoms with Crippen LogP contribution in [0.3, 0.4) is 0 Å². The fraction of sp³-hybridized carbons (Fsp3) is 0.500. The Balaban J connectivity index is 2.28. The Morgan fingerprint density at radius 1 is 1.47 bits per heavy atom. The third-order valence-corrected chi connectivity index (χ3v) is 5.28. The Bertz CT molecular complexity index is 369. The minimum Gasteiger partial charge on any atom is -0.477 e. The average molecular weight is 307 g/mol. The van der Waals surface area contributed by atoms with Gasteiger partial charge in [0.2, 0.25) is 0 Å². The van der Waals surface area contributed by atoms with Gasteiger partial charge in [-0.3, -0.25) is 0 Å². The zero-order valence-corrected chi connectivity index (χ0v) is 11.3. The third kappa shape index (κ3) is 2.57. The number of thiophene rings is 1. The smallest absolute Gasteiger partial charge is 0.346 e. The summed E-state index contributed by atoms with van der Waals surface area (Å²) in [6.45, 7) is 0. The number of rotatable bonds is 2. The normalized spacial score (nSPS) is 17.9. The topological polar surface area (TPSA) is 37.3 Å². The average Bonchev–Trinajstić information content (AvgIpc) is 2.62. The molecule has 0 saturated carbocycles. The molecule has 0 atom stereocenters. The van der Waals surface area contributed by atoms with Gasteiger partial charge in [0.25, 0.3) is 0 Å². The number of hydrogen-bond donors (Lipinski definition) is 1. The molecule has 2 rings (SSSR count). The number of carbonyl (C=O) groups is 1. The molecule has 15 heavy (non-hydrogen) atoms. The highest BCUT2D eigenvalue weighted by Crippen LogP contribution is 2.38. The number of halogens is 1. The molecule has 0 amide bonds. The van der Waals surface area contributed by atoms with Crippen LogP contribution in [0.25, 0.3) is 0 Å². The van der Waals surface area contributed by atoms with Crippen LogP contribution in [-0.4, -0.2) is 22.6 Å². The van der Waals surface area contributed by atoms with Gasteiger partial charge in [0.15, 0.2) is 0 Å². The monoisotopic (exact) mass is 306 g/mol. The van der Waals surface area contributed by atoms with E-state index in [1.165, 1.54) is 11.3 Å². The van der Waals surface area contributed by atoms with Gasteiger partial charge in [-0.05, 0) is 57.8 Å². The van der Waals surface area contributed by atoms with Gasteiger partial charge in [-0.2, -0.15) is 11.8 Å². The molecule has 1 aromatic rings. The van der Waals surface area contributed by atoms with Crippen molar-refractivity contribution in [1.82, 2.24) is 0 Å². The molecule has 5 heteroatoms. The first-order valence-corrected chi connectivity index (χ1v) is 7.55. The molecule has 0 spiro atoms. The van der Waals surface area contributed by atoms with Crippen LogP contribution in [0.2, 0.25) is 0 Å². The lowest BCUT2D eigenvalue weighted by molar-refractivity contribution is 0.0700. The first-order valence-electron chi connectivity index (χ1n) is 4.78. The Labute approximate surface area is 105 Å². The molecular formula is C10H11BrO2S2. The Hall–Kier alpha value is -0.000000000000000111. The lowest BCUT2D eigenvalue weighted by atomic mass is 9.94. The van der Waals surface area contributed by atoms with Crippen molar-refractivity contribution in [3.63, 3.8) is 0 Å². The van der Waals surface area contributed by atoms with Crippen molar-refractivity contribution in [2.24, 2.45) is 0 Å². The predicted molar refractivity (Wildman–Crippen MR) is 68.3 cm³/mol. The van der Waals surface area contributed by atoms with Crippen LogP contribution in [0.15, 0.2) is 9.85 Å². The summed E-state index contributed by atoms with van der Waals surface area (Å²) >= 11 is 6.65. The molecule has 0 radical (unpaired) electrons. The lowest BCUT2D eigenvalue weighted by Gasteiger charge is -2.21. The molecule has 1 saturated heterocycles. The van der Waals surface area contributed by atoms with Crippen LogP contribution in [0.4, 0.5) is 0 Å². The Morgan fingerprint density at radius 3 is 2.73 bits per heavy atom. The van der Waals surface area contributed by atoms with E-state index in [2.05, 4.69) is 15.9 Å². The van der Waals surface area contributed by atoms with Gasteiger partial charge < -0.3 is 5.11 Å². The standard InChI is InChI=1S/C10H11BrO2S2/c11-8-5-7(9(15-8)10(12)13)6-1-3-14-4-2-6/h5-6H,1-4H2,(H,12,13). The van der Waals surface area contributed by atoms with E-state index < -0.39 is 5.97 Å². The van der Waals surface area contributed by atoms with Crippen molar-refractivity contribution in [2.75, 3.05) is 11.5 Å². The van der Waals surface area contributed by atoms with Crippen LogP contribution in [0.5, 0.6) is 0 Å². The second kappa shape index (κ2) is 4.89. The van der Waals surface area contributed by atoms with Gasteiger partial charge in [0.1, 0.15) is 4.88 Å². The molecule has 0 unspecified atom stereocenters. The number of hydrogen-bond acceptors (Lipinski definition) is 3. The molecule has 1 aromatic heterocycles. The Morgan fingerprint density at radius 2 is 2.13 bits per heavy atom. The summed E-state index contributed by atoms with van der Waals surface area (Å²) in [5, 5.41) is 9.09. The lowest BCUT2D eigenvalue weighted by Crippen LogP contribution is -2.10. The fourth-order valence-electron chi connectivity index (χ4n) is 1.85. The highest BCUT2D eigenvalue weighted by Gasteiger charge is 2.23. The van der Waals surface area contributed by atoms with E-state index in [4.69, 9.17) is 5.11 Å². The van der Waals surface area contributed by atoms with Gasteiger partial charge >= 0.3 is 5.97 Å². The van der Waals surface area contributed by atoms with E-state index in [0.717, 1.165) is 33.7 Å². The van der Waals surface area contributed by atoms with Gasteiger partial charge in [-0.25, -0.2) is 4.79 Å². The molecule has 0 aromatic carbocycles. The minimum atomic E-state index is -0.793. The van der Waals surface area contributed by atoms with Crippen LogP contribution < -0.4 is 0 Å². The molecule has 2 nitrogen and oxygen atoms in total. The Kier molecular flexibility index (Phi) is 3.74. The molecule has 0 bridgehead atoms. The van der Waals surface area contributed by atoms with Crippen molar-refractivity contribution in [3.8, 4) is 0 Å². The van der Waals surface area contributed by atoms with Crippen molar-refractivity contribution >= 4 is 45.0 Å². The summed E-state index contributed by atoms with van der Waals surface area (Å²) in [7, 11) is 0. The van der Waals surface area contributed by atoms with Crippen LogP contribution in [-0.2, 0) is 0 Å². The van der Waals surface area contributed by atoms with E-state index in [-0.39, 0.29) is 0 Å². The number of aromatic carboxylic acids is 1. The SMILES string of the molecule is O=C(O)c1sc(Br)cc1C1CCSCC1. The van der Waals surface area contributed by atoms with Gasteiger partial charge in [-0.15, -0.1) is 11.3 Å². The van der Waals surface area contributed by atoms with E-state index in [9.17, 15) is 4.79 Å². The number of carboxylic acids is 1. The molecule has 2 heterocycles. The summed E-state index contributed by atoms with van der Waals surface area (Å²) in [6, 6.07) is 1.98. The molecule has 0 aliphatic carbocycles. The zero-order valence-electron chi connectivity index (χ0n) is 8.03. The van der Waals surface area contributed by atoms with E-state index in [1.54, 1.807) is 0 Å². The highest BCUT2D eigenvalue weighted by molar-refractivity contribution is 9.11. The largest absolute Gasteiger partial charge is 0.477 e. The van der Waals surface area contributed by atoms with Crippen LogP contribution in [0, 0.1) is 0 Å². The molecular weight excluding hydrogens is 296 g/mol. The third-order valence-electron chi connectivity index (χ3n) is 2.59. The maximum Gasteiger partial charge on any atom is 0.346 e. The van der Waals surface area contributed by atoms with Gasteiger partial charge in [0.05, 0.1) is 3.79 Å². The summed E-state index contributed by atoms with van der Waals surface area (Å²) in [5.74, 6) is 1.95. The first-order chi connectivity index (χ1) is 7.18. The molecule has 1 fully saturated rings. The summed E-state index contributed by atoms with van der Waals surface area (Å²) in [6.07, 6.45) is 2.21. The second-order valence-electron chi connectivity index (χ2n) is 3.53. The zero-order chi connectivity index (χ0) is 10.8. The predicted octanol–water partition coefficient (Wildman–Crippen LogP) is 3.82.